The summed E-state index contributed by atoms with van der Waals surface area (Å²) in [7, 11) is 1.33. The van der Waals surface area contributed by atoms with Crippen molar-refractivity contribution in [1.82, 2.24) is 20.4 Å². The Kier molecular flexibility index (Phi) is 10.4. The van der Waals surface area contributed by atoms with E-state index in [1.54, 1.807) is 4.90 Å². The molecule has 1 aliphatic carbocycles. The van der Waals surface area contributed by atoms with E-state index in [-0.39, 0.29) is 17.7 Å². The van der Waals surface area contributed by atoms with E-state index >= 15 is 0 Å². The van der Waals surface area contributed by atoms with Crippen molar-refractivity contribution in [1.29, 1.82) is 0 Å². The minimum atomic E-state index is -1.24. The third kappa shape index (κ3) is 7.27. The number of hydrogen-bond acceptors (Lipinski definition) is 5. The Balaban J connectivity index is 1.48. The van der Waals surface area contributed by atoms with E-state index in [4.69, 9.17) is 4.42 Å². The Bertz CT molecular complexity index is 1460. The second kappa shape index (κ2) is 14.7. The van der Waals surface area contributed by atoms with Crippen molar-refractivity contribution < 1.29 is 28.7 Å². The topological polar surface area (TPSA) is 132 Å². The number of furan rings is 1. The second-order valence-corrected chi connectivity index (χ2v) is 12.5. The summed E-state index contributed by atoms with van der Waals surface area (Å²) in [6.07, 6.45) is 4.10. The molecule has 1 saturated heterocycles. The molecule has 46 heavy (non-hydrogen) atoms. The van der Waals surface area contributed by atoms with Crippen LogP contribution in [0.2, 0.25) is 0 Å². The minimum absolute atomic E-state index is 0.141. The van der Waals surface area contributed by atoms with Crippen molar-refractivity contribution in [2.24, 2.45) is 5.92 Å². The molecule has 1 aliphatic heterocycles. The van der Waals surface area contributed by atoms with Gasteiger partial charge in [0.1, 0.15) is 29.6 Å². The van der Waals surface area contributed by atoms with Crippen molar-refractivity contribution in [3.63, 3.8) is 0 Å². The minimum Gasteiger partial charge on any atom is -0.465 e. The van der Waals surface area contributed by atoms with Gasteiger partial charge >= 0.3 is 6.09 Å². The molecule has 1 aromatic heterocycles. The largest absolute Gasteiger partial charge is 0.465 e. The average Bonchev–Trinajstić information content (AvgIpc) is 3.72. The zero-order chi connectivity index (χ0) is 32.8. The quantitative estimate of drug-likeness (QED) is 0.268. The van der Waals surface area contributed by atoms with Gasteiger partial charge in [-0.05, 0) is 68.7 Å². The highest BCUT2D eigenvalue weighted by Gasteiger charge is 2.47. The first-order valence-electron chi connectivity index (χ1n) is 16.2. The highest BCUT2D eigenvalue weighted by Crippen LogP contribution is 2.40. The van der Waals surface area contributed by atoms with Crippen LogP contribution in [-0.4, -0.2) is 63.9 Å². The summed E-state index contributed by atoms with van der Waals surface area (Å²) in [5, 5.41) is 15.6. The van der Waals surface area contributed by atoms with E-state index in [2.05, 4.69) is 10.6 Å². The molecule has 2 unspecified atom stereocenters. The van der Waals surface area contributed by atoms with Gasteiger partial charge in [0.05, 0.1) is 12.1 Å². The van der Waals surface area contributed by atoms with Crippen LogP contribution in [0.1, 0.15) is 86.6 Å². The molecule has 3 N–H and O–H groups in total. The summed E-state index contributed by atoms with van der Waals surface area (Å²) in [6.45, 7) is 3.34. The lowest BCUT2D eigenvalue weighted by molar-refractivity contribution is -0.146. The summed E-state index contributed by atoms with van der Waals surface area (Å²) < 4.78 is 6.01. The van der Waals surface area contributed by atoms with Crippen LogP contribution < -0.4 is 10.6 Å². The predicted octanol–water partition coefficient (Wildman–Crippen LogP) is 5.59. The van der Waals surface area contributed by atoms with Gasteiger partial charge in [0.15, 0.2) is 0 Å². The molecule has 0 bridgehead atoms. The number of nitrogens with zero attached hydrogens (tertiary/aromatic N) is 2. The molecule has 5 rings (SSSR count). The van der Waals surface area contributed by atoms with Gasteiger partial charge in [-0.2, -0.15) is 0 Å². The molecule has 2 aromatic carbocycles. The first-order valence-corrected chi connectivity index (χ1v) is 16.2. The number of benzene rings is 2. The second-order valence-electron chi connectivity index (χ2n) is 12.5. The fraction of sp³-hybridized carbons (Fsp3) is 0.444. The van der Waals surface area contributed by atoms with Gasteiger partial charge in [0, 0.05) is 7.05 Å². The Morgan fingerprint density at radius 1 is 0.848 bits per heavy atom. The van der Waals surface area contributed by atoms with Crippen LogP contribution in [0.5, 0.6) is 0 Å². The van der Waals surface area contributed by atoms with Gasteiger partial charge in [-0.1, -0.05) is 79.9 Å². The van der Waals surface area contributed by atoms with Gasteiger partial charge in [-0.3, -0.25) is 19.3 Å². The molecular formula is C36H44N4O6. The number of carboxylic acid groups (broad SMARTS) is 1. The van der Waals surface area contributed by atoms with Gasteiger partial charge in [-0.15, -0.1) is 0 Å². The lowest BCUT2D eigenvalue weighted by atomic mass is 9.83. The summed E-state index contributed by atoms with van der Waals surface area (Å²) in [5.41, 5.74) is 1.83. The summed E-state index contributed by atoms with van der Waals surface area (Å²) in [5.74, 6) is -0.0322. The first-order chi connectivity index (χ1) is 22.2. The van der Waals surface area contributed by atoms with E-state index in [1.165, 1.54) is 14.0 Å². The van der Waals surface area contributed by atoms with Crippen molar-refractivity contribution in [3.05, 3.63) is 95.4 Å². The molecule has 3 aromatic rings. The standard InChI is InChI=1S/C36H44N4O6/c1-23-19-22-30(46-23)28-20-21-29(34(42)37-31(25-13-7-4-8-14-25)26-15-9-5-10-16-26)40(28)35(43)32(27-17-11-6-12-18-27)38-33(41)24(2)39(3)36(44)45/h4-5,7-10,13-16,19,22,24,27-29,31-32H,6,11-12,17-18,20-21H2,1-3H3,(H,37,42)(H,38,41)(H,44,45)/t24?,28-,29+,32?/m1/s1. The Morgan fingerprint density at radius 2 is 1.46 bits per heavy atom. The molecule has 4 amide bonds. The molecule has 244 valence electrons. The van der Waals surface area contributed by atoms with Gasteiger partial charge in [0.2, 0.25) is 17.7 Å². The molecule has 0 radical (unpaired) electrons. The van der Waals surface area contributed by atoms with E-state index in [1.807, 2.05) is 79.7 Å². The SMILES string of the molecule is Cc1ccc([C@H]2CC[C@@H](C(=O)NC(c3ccccc3)c3ccccc3)N2C(=O)C(NC(=O)C(C)N(C)C(=O)O)C2CCCCC2)o1. The zero-order valence-electron chi connectivity index (χ0n) is 26.7. The van der Waals surface area contributed by atoms with Crippen molar-refractivity contribution >= 4 is 23.8 Å². The molecule has 4 atom stereocenters. The summed E-state index contributed by atoms with van der Waals surface area (Å²) >= 11 is 0. The number of carbonyl (C=O) groups is 4. The number of likely N-dealkylation sites (tertiary alicyclic amines) is 1. The van der Waals surface area contributed by atoms with Crippen LogP contribution >= 0.6 is 0 Å². The molecule has 2 heterocycles. The van der Waals surface area contributed by atoms with Gasteiger partial charge in [-0.25, -0.2) is 4.79 Å². The number of rotatable bonds is 10. The van der Waals surface area contributed by atoms with Gasteiger partial charge in [0.25, 0.3) is 0 Å². The number of aryl methyl sites for hydroxylation is 1. The van der Waals surface area contributed by atoms with Crippen molar-refractivity contribution in [2.45, 2.75) is 89.0 Å². The number of hydrogen-bond donors (Lipinski definition) is 3. The van der Waals surface area contributed by atoms with Crippen LogP contribution in [0, 0.1) is 12.8 Å². The number of amides is 4. The van der Waals surface area contributed by atoms with E-state index in [0.29, 0.717) is 24.4 Å². The van der Waals surface area contributed by atoms with Crippen LogP contribution in [0.25, 0.3) is 0 Å². The van der Waals surface area contributed by atoms with E-state index < -0.39 is 42.2 Å². The molecule has 1 saturated carbocycles. The lowest BCUT2D eigenvalue weighted by Gasteiger charge is -2.37. The first kappa shape index (κ1) is 32.8. The fourth-order valence-electron chi connectivity index (χ4n) is 6.80. The zero-order valence-corrected chi connectivity index (χ0v) is 26.7. The Labute approximate surface area is 270 Å². The third-order valence-electron chi connectivity index (χ3n) is 9.53. The maximum absolute atomic E-state index is 14.8. The smallest absolute Gasteiger partial charge is 0.407 e. The molecule has 2 aliphatic rings. The highest BCUT2D eigenvalue weighted by molar-refractivity contribution is 5.94. The molecule has 10 heteroatoms. The maximum Gasteiger partial charge on any atom is 0.407 e. The van der Waals surface area contributed by atoms with Crippen LogP contribution in [0.15, 0.2) is 77.2 Å². The molecular weight excluding hydrogens is 584 g/mol. The van der Waals surface area contributed by atoms with E-state index in [0.717, 1.165) is 48.1 Å². The maximum atomic E-state index is 14.8. The summed E-state index contributed by atoms with van der Waals surface area (Å²) in [6, 6.07) is 19.5. The highest BCUT2D eigenvalue weighted by atomic mass is 16.4. The molecule has 2 fully saturated rings. The molecule has 0 spiro atoms. The molecule has 10 nitrogen and oxygen atoms in total. The lowest BCUT2D eigenvalue weighted by Crippen LogP contribution is -2.59. The summed E-state index contributed by atoms with van der Waals surface area (Å²) in [4.78, 5) is 56.6. The fourth-order valence-corrected chi connectivity index (χ4v) is 6.80. The number of likely N-dealkylation sites (N-methyl/N-ethyl adjacent to an activating group) is 1. The van der Waals surface area contributed by atoms with E-state index in [9.17, 15) is 24.3 Å². The Morgan fingerprint density at radius 3 is 2.00 bits per heavy atom. The Hall–Kier alpha value is -4.60. The van der Waals surface area contributed by atoms with Crippen LogP contribution in [-0.2, 0) is 14.4 Å². The van der Waals surface area contributed by atoms with Crippen molar-refractivity contribution in [3.8, 4) is 0 Å². The van der Waals surface area contributed by atoms with Crippen molar-refractivity contribution in [2.75, 3.05) is 7.05 Å². The third-order valence-corrected chi connectivity index (χ3v) is 9.53. The van der Waals surface area contributed by atoms with Gasteiger partial charge < -0.3 is 25.1 Å². The van der Waals surface area contributed by atoms with Crippen LogP contribution in [0.4, 0.5) is 4.79 Å². The average molecular weight is 629 g/mol. The normalized spacial score (nSPS) is 19.8. The predicted molar refractivity (Wildman–Crippen MR) is 173 cm³/mol. The number of carbonyl (C=O) groups excluding carboxylic acids is 3. The van der Waals surface area contributed by atoms with Crippen LogP contribution in [0.3, 0.4) is 0 Å². The monoisotopic (exact) mass is 628 g/mol. The number of nitrogens with one attached hydrogen (secondary N) is 2.